The number of likely N-dealkylation sites (N-methyl/N-ethyl adjacent to an activating group) is 2. The van der Waals surface area contributed by atoms with Crippen molar-refractivity contribution in [3.05, 3.63) is 63.1 Å². The first-order chi connectivity index (χ1) is 15.5. The predicted octanol–water partition coefficient (Wildman–Crippen LogP) is 4.21. The maximum absolute atomic E-state index is 13.4. The number of nitrogens with one attached hydrogen (secondary N) is 1. The molecule has 0 fully saturated rings. The van der Waals surface area contributed by atoms with E-state index in [4.69, 9.17) is 34.8 Å². The third kappa shape index (κ3) is 6.83. The number of rotatable bonds is 10. The summed E-state index contributed by atoms with van der Waals surface area (Å²) in [5.41, 5.74) is 0.472. The normalized spacial score (nSPS) is 12.5. The number of carbonyl (C=O) groups is 2. The van der Waals surface area contributed by atoms with Crippen LogP contribution in [-0.4, -0.2) is 55.6 Å². The van der Waals surface area contributed by atoms with Crippen LogP contribution >= 0.6 is 34.8 Å². The molecular weight excluding hydrogens is 509 g/mol. The minimum absolute atomic E-state index is 0.00124. The number of amides is 2. The third-order valence-corrected chi connectivity index (χ3v) is 7.78. The van der Waals surface area contributed by atoms with E-state index in [1.807, 2.05) is 0 Å². The van der Waals surface area contributed by atoms with Crippen molar-refractivity contribution in [3.8, 4) is 0 Å². The van der Waals surface area contributed by atoms with Gasteiger partial charge in [-0.05, 0) is 49.7 Å². The van der Waals surface area contributed by atoms with Gasteiger partial charge in [0.1, 0.15) is 6.04 Å². The summed E-state index contributed by atoms with van der Waals surface area (Å²) < 4.78 is 26.8. The number of sulfonamides is 1. The molecule has 0 unspecified atom stereocenters. The van der Waals surface area contributed by atoms with E-state index in [-0.39, 0.29) is 17.3 Å². The van der Waals surface area contributed by atoms with Crippen LogP contribution in [0.3, 0.4) is 0 Å². The second-order valence-corrected chi connectivity index (χ2v) is 10.6. The zero-order chi connectivity index (χ0) is 24.8. The summed E-state index contributed by atoms with van der Waals surface area (Å²) in [5, 5.41) is 3.79. The van der Waals surface area contributed by atoms with Gasteiger partial charge >= 0.3 is 0 Å². The first-order valence-electron chi connectivity index (χ1n) is 10.2. The fraction of sp³-hybridized carbons (Fsp3) is 0.364. The number of nitrogens with zero attached hydrogens (tertiary/aromatic N) is 2. The summed E-state index contributed by atoms with van der Waals surface area (Å²) in [6, 6.07) is 9.75. The van der Waals surface area contributed by atoms with Gasteiger partial charge in [0, 0.05) is 40.8 Å². The van der Waals surface area contributed by atoms with Crippen molar-refractivity contribution in [2.24, 2.45) is 0 Å². The summed E-state index contributed by atoms with van der Waals surface area (Å²) in [7, 11) is -2.66. The number of hydrogen-bond acceptors (Lipinski definition) is 4. The smallest absolute Gasteiger partial charge is 0.243 e. The molecule has 0 saturated heterocycles. The highest BCUT2D eigenvalue weighted by atomic mass is 35.5. The van der Waals surface area contributed by atoms with Crippen molar-refractivity contribution in [2.75, 3.05) is 20.1 Å². The first kappa shape index (κ1) is 27.4. The highest BCUT2D eigenvalue weighted by Crippen LogP contribution is 2.27. The van der Waals surface area contributed by atoms with Gasteiger partial charge in [0.25, 0.3) is 0 Å². The molecular formula is C22H26Cl3N3O4S. The van der Waals surface area contributed by atoms with Crippen molar-refractivity contribution in [3.63, 3.8) is 0 Å². The fourth-order valence-corrected chi connectivity index (χ4v) is 4.98. The molecule has 2 aromatic rings. The Morgan fingerprint density at radius 1 is 1.00 bits per heavy atom. The average molecular weight is 535 g/mol. The molecule has 2 rings (SSSR count). The summed E-state index contributed by atoms with van der Waals surface area (Å²) in [5.74, 6) is -0.913. The molecule has 0 saturated carbocycles. The third-order valence-electron chi connectivity index (χ3n) is 5.01. The monoisotopic (exact) mass is 533 g/mol. The van der Waals surface area contributed by atoms with E-state index in [2.05, 4.69) is 5.32 Å². The second kappa shape index (κ2) is 12.0. The Bertz CT molecular complexity index is 1070. The molecule has 0 aromatic heterocycles. The van der Waals surface area contributed by atoms with Crippen molar-refractivity contribution < 1.29 is 18.0 Å². The molecule has 7 nitrogen and oxygen atoms in total. The predicted molar refractivity (Wildman–Crippen MR) is 131 cm³/mol. The number of benzene rings is 2. The molecule has 0 radical (unpaired) electrons. The molecule has 0 spiro atoms. The van der Waals surface area contributed by atoms with Gasteiger partial charge in [-0.3, -0.25) is 9.59 Å². The van der Waals surface area contributed by atoms with E-state index in [1.54, 1.807) is 32.0 Å². The van der Waals surface area contributed by atoms with Gasteiger partial charge in [-0.1, -0.05) is 47.8 Å². The Labute approximate surface area is 209 Å². The number of halogens is 3. The second-order valence-electron chi connectivity index (χ2n) is 7.26. The van der Waals surface area contributed by atoms with Crippen molar-refractivity contribution in [1.82, 2.24) is 14.5 Å². The van der Waals surface area contributed by atoms with Crippen molar-refractivity contribution >= 4 is 56.6 Å². The van der Waals surface area contributed by atoms with Gasteiger partial charge in [-0.25, -0.2) is 8.42 Å². The zero-order valence-corrected chi connectivity index (χ0v) is 21.6. The van der Waals surface area contributed by atoms with Crippen molar-refractivity contribution in [1.29, 1.82) is 0 Å². The SMILES string of the molecule is CCNC(=O)[C@H](CC)N(Cc1c(Cl)cccc1Cl)C(=O)CN(C)S(=O)(=O)c1ccc(Cl)cc1. The van der Waals surface area contributed by atoms with Crippen LogP contribution in [0.15, 0.2) is 47.4 Å². The van der Waals surface area contributed by atoms with Gasteiger partial charge in [-0.2, -0.15) is 4.31 Å². The average Bonchev–Trinajstić information content (AvgIpc) is 2.76. The topological polar surface area (TPSA) is 86.8 Å². The summed E-state index contributed by atoms with van der Waals surface area (Å²) in [6.07, 6.45) is 0.313. The molecule has 11 heteroatoms. The van der Waals surface area contributed by atoms with E-state index in [0.717, 1.165) is 4.31 Å². The quantitative estimate of drug-likeness (QED) is 0.495. The Kier molecular flexibility index (Phi) is 10.00. The van der Waals surface area contributed by atoms with Crippen LogP contribution in [-0.2, 0) is 26.2 Å². The Hall–Kier alpha value is -1.84. The molecule has 2 amide bonds. The van der Waals surface area contributed by atoms with Crippen LogP contribution in [0.2, 0.25) is 15.1 Å². The minimum atomic E-state index is -3.96. The highest BCUT2D eigenvalue weighted by Gasteiger charge is 2.32. The molecule has 0 aliphatic carbocycles. The highest BCUT2D eigenvalue weighted by molar-refractivity contribution is 7.89. The number of hydrogen-bond donors (Lipinski definition) is 1. The van der Waals surface area contributed by atoms with Gasteiger partial charge in [-0.15, -0.1) is 0 Å². The molecule has 2 aromatic carbocycles. The van der Waals surface area contributed by atoms with Crippen LogP contribution in [0.1, 0.15) is 25.8 Å². The lowest BCUT2D eigenvalue weighted by molar-refractivity contribution is -0.141. The first-order valence-corrected chi connectivity index (χ1v) is 12.8. The fourth-order valence-electron chi connectivity index (χ4n) is 3.22. The Morgan fingerprint density at radius 3 is 2.09 bits per heavy atom. The van der Waals surface area contributed by atoms with E-state index in [9.17, 15) is 18.0 Å². The molecule has 1 N–H and O–H groups in total. The Balaban J connectivity index is 2.37. The molecule has 1 atom stereocenters. The van der Waals surface area contributed by atoms with E-state index >= 15 is 0 Å². The lowest BCUT2D eigenvalue weighted by Crippen LogP contribution is -2.51. The largest absolute Gasteiger partial charge is 0.355 e. The summed E-state index contributed by atoms with van der Waals surface area (Å²) in [4.78, 5) is 27.4. The van der Waals surface area contributed by atoms with E-state index in [1.165, 1.54) is 36.2 Å². The standard InChI is InChI=1S/C22H26Cl3N3O4S/c1-4-20(22(30)26-5-2)28(13-17-18(24)7-6-8-19(17)25)21(29)14-27(3)33(31,32)16-11-9-15(23)10-12-16/h6-12,20H,4-5,13-14H2,1-3H3,(H,26,30)/t20-/m0/s1. The maximum atomic E-state index is 13.4. The molecule has 33 heavy (non-hydrogen) atoms. The van der Waals surface area contributed by atoms with E-state index in [0.29, 0.717) is 33.6 Å². The minimum Gasteiger partial charge on any atom is -0.355 e. The van der Waals surface area contributed by atoms with Crippen LogP contribution < -0.4 is 5.32 Å². The van der Waals surface area contributed by atoms with E-state index < -0.39 is 28.5 Å². The van der Waals surface area contributed by atoms with Gasteiger partial charge in [0.15, 0.2) is 0 Å². The zero-order valence-electron chi connectivity index (χ0n) is 18.5. The van der Waals surface area contributed by atoms with Crippen molar-refractivity contribution in [2.45, 2.75) is 37.8 Å². The van der Waals surface area contributed by atoms with Crippen LogP contribution in [0.5, 0.6) is 0 Å². The van der Waals surface area contributed by atoms with Gasteiger partial charge < -0.3 is 10.2 Å². The maximum Gasteiger partial charge on any atom is 0.243 e. The molecule has 180 valence electrons. The van der Waals surface area contributed by atoms with Gasteiger partial charge in [0.05, 0.1) is 11.4 Å². The lowest BCUT2D eigenvalue weighted by atomic mass is 10.1. The molecule has 0 aliphatic rings. The number of carbonyl (C=O) groups excluding carboxylic acids is 2. The van der Waals surface area contributed by atoms with Crippen LogP contribution in [0, 0.1) is 0 Å². The summed E-state index contributed by atoms with van der Waals surface area (Å²) >= 11 is 18.4. The van der Waals surface area contributed by atoms with Gasteiger partial charge in [0.2, 0.25) is 21.8 Å². The molecule has 0 aliphatic heterocycles. The van der Waals surface area contributed by atoms with Crippen LogP contribution in [0.4, 0.5) is 0 Å². The van der Waals surface area contributed by atoms with Crippen LogP contribution in [0.25, 0.3) is 0 Å². The molecule has 0 bridgehead atoms. The lowest BCUT2D eigenvalue weighted by Gasteiger charge is -2.32. The molecule has 0 heterocycles. The Morgan fingerprint density at radius 2 is 1.58 bits per heavy atom. The summed E-state index contributed by atoms with van der Waals surface area (Å²) in [6.45, 7) is 3.39.